The fourth-order valence-corrected chi connectivity index (χ4v) is 3.20. The van der Waals surface area contributed by atoms with Crippen molar-refractivity contribution in [3.8, 4) is 0 Å². The first-order valence-corrected chi connectivity index (χ1v) is 7.46. The van der Waals surface area contributed by atoms with E-state index in [1.807, 2.05) is 0 Å². The van der Waals surface area contributed by atoms with E-state index < -0.39 is 0 Å². The maximum absolute atomic E-state index is 11.6. The molecule has 0 unspecified atom stereocenters. The first kappa shape index (κ1) is 11.7. The lowest BCUT2D eigenvalue weighted by molar-refractivity contribution is 0.0970. The number of hydrogen-bond acceptors (Lipinski definition) is 7. The maximum Gasteiger partial charge on any atom is 0.188 e. The number of nitrogens with zero attached hydrogens (tertiary/aromatic N) is 4. The lowest BCUT2D eigenvalue weighted by Crippen LogP contribution is -2.13. The van der Waals surface area contributed by atoms with Crippen LogP contribution in [-0.2, 0) is 12.2 Å². The van der Waals surface area contributed by atoms with Gasteiger partial charge < -0.3 is 0 Å². The molecule has 0 spiro atoms. The molecule has 18 heavy (non-hydrogen) atoms. The van der Waals surface area contributed by atoms with Crippen LogP contribution in [-0.4, -0.2) is 25.9 Å². The van der Waals surface area contributed by atoms with E-state index in [4.69, 9.17) is 0 Å². The van der Waals surface area contributed by atoms with Gasteiger partial charge in [-0.05, 0) is 12.8 Å². The number of fused-ring (bicyclic) bond motifs is 1. The monoisotopic (exact) mass is 278 g/mol. The second-order valence-electron chi connectivity index (χ2n) is 3.91. The average molecular weight is 278 g/mol. The molecule has 0 fully saturated rings. The van der Waals surface area contributed by atoms with Gasteiger partial charge in [-0.25, -0.2) is 9.97 Å². The Labute approximate surface area is 112 Å². The SMILES string of the molecule is O=C1CCCc2nc(SCc3nncs3)ncc21. The van der Waals surface area contributed by atoms with Gasteiger partial charge in [-0.2, -0.15) is 0 Å². The molecule has 0 N–H and O–H groups in total. The first-order chi connectivity index (χ1) is 8.83. The summed E-state index contributed by atoms with van der Waals surface area (Å²) < 4.78 is 0. The molecular weight excluding hydrogens is 268 g/mol. The standard InChI is InChI=1S/C11H10N4OS2/c16-9-3-1-2-8-7(9)4-12-11(14-8)17-5-10-15-13-6-18-10/h4,6H,1-3,5H2. The van der Waals surface area contributed by atoms with Gasteiger partial charge in [0.15, 0.2) is 10.9 Å². The van der Waals surface area contributed by atoms with Crippen LogP contribution in [0.15, 0.2) is 16.9 Å². The van der Waals surface area contributed by atoms with Gasteiger partial charge in [0.2, 0.25) is 0 Å². The maximum atomic E-state index is 11.6. The number of aryl methyl sites for hydroxylation is 1. The number of hydrogen-bond donors (Lipinski definition) is 0. The van der Waals surface area contributed by atoms with Gasteiger partial charge in [-0.15, -0.1) is 21.5 Å². The Morgan fingerprint density at radius 1 is 1.39 bits per heavy atom. The Balaban J connectivity index is 1.76. The fourth-order valence-electron chi connectivity index (χ4n) is 1.83. The van der Waals surface area contributed by atoms with E-state index in [0.29, 0.717) is 17.1 Å². The van der Waals surface area contributed by atoms with Gasteiger partial charge in [0.05, 0.1) is 17.0 Å². The summed E-state index contributed by atoms with van der Waals surface area (Å²) in [7, 11) is 0. The van der Waals surface area contributed by atoms with Crippen LogP contribution in [0.25, 0.3) is 0 Å². The van der Waals surface area contributed by atoms with E-state index in [1.165, 1.54) is 23.1 Å². The third kappa shape index (κ3) is 2.41. The smallest absolute Gasteiger partial charge is 0.188 e. The molecule has 7 heteroatoms. The Hall–Kier alpha value is -1.34. The molecule has 5 nitrogen and oxygen atoms in total. The van der Waals surface area contributed by atoms with Crippen molar-refractivity contribution in [1.29, 1.82) is 0 Å². The van der Waals surface area contributed by atoms with Gasteiger partial charge in [0.1, 0.15) is 10.5 Å². The molecule has 2 aromatic heterocycles. The van der Waals surface area contributed by atoms with Crippen molar-refractivity contribution < 1.29 is 4.79 Å². The summed E-state index contributed by atoms with van der Waals surface area (Å²) in [6.07, 6.45) is 4.04. The highest BCUT2D eigenvalue weighted by molar-refractivity contribution is 7.98. The Kier molecular flexibility index (Phi) is 3.33. The third-order valence-electron chi connectivity index (χ3n) is 2.69. The molecule has 1 aliphatic rings. The molecule has 2 aromatic rings. The summed E-state index contributed by atoms with van der Waals surface area (Å²) >= 11 is 3.05. The van der Waals surface area contributed by atoms with E-state index in [1.54, 1.807) is 11.7 Å². The Morgan fingerprint density at radius 2 is 2.33 bits per heavy atom. The van der Waals surface area contributed by atoms with Gasteiger partial charge in [0.25, 0.3) is 0 Å². The highest BCUT2D eigenvalue weighted by atomic mass is 32.2. The minimum Gasteiger partial charge on any atom is -0.294 e. The van der Waals surface area contributed by atoms with Gasteiger partial charge in [-0.1, -0.05) is 11.8 Å². The molecule has 0 amide bonds. The van der Waals surface area contributed by atoms with Gasteiger partial charge in [-0.3, -0.25) is 4.79 Å². The van der Waals surface area contributed by atoms with Crippen LogP contribution in [0.1, 0.15) is 33.9 Å². The van der Waals surface area contributed by atoms with Crippen molar-refractivity contribution in [3.63, 3.8) is 0 Å². The molecule has 0 aliphatic heterocycles. The van der Waals surface area contributed by atoms with Crippen molar-refractivity contribution in [2.45, 2.75) is 30.2 Å². The number of rotatable bonds is 3. The second kappa shape index (κ2) is 5.11. The molecule has 92 valence electrons. The van der Waals surface area contributed by atoms with Crippen molar-refractivity contribution in [1.82, 2.24) is 20.2 Å². The summed E-state index contributed by atoms with van der Waals surface area (Å²) in [5.74, 6) is 0.883. The van der Waals surface area contributed by atoms with Crippen LogP contribution in [0.4, 0.5) is 0 Å². The summed E-state index contributed by atoms with van der Waals surface area (Å²) in [5.41, 5.74) is 3.30. The molecule has 1 aliphatic carbocycles. The average Bonchev–Trinajstić information content (AvgIpc) is 2.90. The highest BCUT2D eigenvalue weighted by Gasteiger charge is 2.19. The van der Waals surface area contributed by atoms with E-state index in [2.05, 4.69) is 20.2 Å². The lowest BCUT2D eigenvalue weighted by atomic mass is 9.96. The Bertz CT molecular complexity index is 570. The van der Waals surface area contributed by atoms with Gasteiger partial charge >= 0.3 is 0 Å². The molecular formula is C11H10N4OS2. The normalized spacial score (nSPS) is 14.6. The second-order valence-corrected chi connectivity index (χ2v) is 5.77. The van der Waals surface area contributed by atoms with Crippen molar-refractivity contribution in [3.05, 3.63) is 28.0 Å². The largest absolute Gasteiger partial charge is 0.294 e. The lowest BCUT2D eigenvalue weighted by Gasteiger charge is -2.13. The number of ketones is 1. The van der Waals surface area contributed by atoms with Crippen LogP contribution in [0.3, 0.4) is 0 Å². The summed E-state index contributed by atoms with van der Waals surface area (Å²) in [6.45, 7) is 0. The number of thioether (sulfide) groups is 1. The van der Waals surface area contributed by atoms with E-state index in [-0.39, 0.29) is 5.78 Å². The summed E-state index contributed by atoms with van der Waals surface area (Å²) in [5, 5.41) is 9.42. The quantitative estimate of drug-likeness (QED) is 0.633. The number of Topliss-reactive ketones (excluding diaryl/α,β-unsaturated/α-hetero) is 1. The van der Waals surface area contributed by atoms with E-state index >= 15 is 0 Å². The summed E-state index contributed by atoms with van der Waals surface area (Å²) in [4.78, 5) is 20.3. The summed E-state index contributed by atoms with van der Waals surface area (Å²) in [6, 6.07) is 0. The number of carbonyl (C=O) groups excluding carboxylic acids is 1. The number of aromatic nitrogens is 4. The molecule has 2 heterocycles. The molecule has 0 radical (unpaired) electrons. The molecule has 0 aromatic carbocycles. The minimum absolute atomic E-state index is 0.164. The first-order valence-electron chi connectivity index (χ1n) is 5.60. The van der Waals surface area contributed by atoms with Crippen LogP contribution < -0.4 is 0 Å². The molecule has 3 rings (SSSR count). The Morgan fingerprint density at radius 3 is 3.17 bits per heavy atom. The molecule has 0 atom stereocenters. The fraction of sp³-hybridized carbons (Fsp3) is 0.364. The van der Waals surface area contributed by atoms with Crippen molar-refractivity contribution >= 4 is 28.9 Å². The predicted octanol–water partition coefficient (Wildman–Crippen LogP) is 2.14. The zero-order chi connectivity index (χ0) is 12.4. The number of carbonyl (C=O) groups is 1. The third-order valence-corrected chi connectivity index (χ3v) is 4.45. The predicted molar refractivity (Wildman–Crippen MR) is 68.8 cm³/mol. The van der Waals surface area contributed by atoms with Crippen LogP contribution in [0.5, 0.6) is 0 Å². The zero-order valence-corrected chi connectivity index (χ0v) is 11.1. The van der Waals surface area contributed by atoms with E-state index in [9.17, 15) is 4.79 Å². The molecule has 0 saturated heterocycles. The topological polar surface area (TPSA) is 68.6 Å². The van der Waals surface area contributed by atoms with Crippen LogP contribution in [0, 0.1) is 0 Å². The van der Waals surface area contributed by atoms with Crippen molar-refractivity contribution in [2.75, 3.05) is 0 Å². The van der Waals surface area contributed by atoms with E-state index in [0.717, 1.165) is 29.3 Å². The molecule has 0 saturated carbocycles. The minimum atomic E-state index is 0.164. The van der Waals surface area contributed by atoms with Gasteiger partial charge in [0, 0.05) is 12.6 Å². The van der Waals surface area contributed by atoms with Crippen molar-refractivity contribution in [2.24, 2.45) is 0 Å². The highest BCUT2D eigenvalue weighted by Crippen LogP contribution is 2.24. The zero-order valence-electron chi connectivity index (χ0n) is 9.50. The van der Waals surface area contributed by atoms with Crippen LogP contribution in [0.2, 0.25) is 0 Å². The van der Waals surface area contributed by atoms with Crippen LogP contribution >= 0.6 is 23.1 Å². The molecule has 0 bridgehead atoms.